The molecule has 0 saturated carbocycles. The average molecular weight is 301 g/mol. The van der Waals surface area contributed by atoms with Crippen LogP contribution >= 0.6 is 0 Å². The Morgan fingerprint density at radius 1 is 0.957 bits per heavy atom. The number of nitriles is 2. The Morgan fingerprint density at radius 2 is 1.57 bits per heavy atom. The summed E-state index contributed by atoms with van der Waals surface area (Å²) in [5.74, 6) is 0. The minimum absolute atomic E-state index is 0.588. The number of hydrogen-bond donors (Lipinski definition) is 0. The fourth-order valence-corrected chi connectivity index (χ4v) is 2.44. The number of anilines is 1. The van der Waals surface area contributed by atoms with E-state index in [0.29, 0.717) is 11.1 Å². The molecule has 0 amide bonds. The molecule has 0 unspecified atom stereocenters. The van der Waals surface area contributed by atoms with Crippen molar-refractivity contribution in [3.05, 3.63) is 65.2 Å². The van der Waals surface area contributed by atoms with Crippen molar-refractivity contribution in [2.24, 2.45) is 0 Å². The molecule has 2 rings (SSSR count). The van der Waals surface area contributed by atoms with Gasteiger partial charge in [-0.3, -0.25) is 0 Å². The standard InChI is InChI=1S/C20H19N3/c1-3-23(4-2)20-11-7-16(8-12-20)13-19(15-22)18-9-5-17(14-21)6-10-18/h5-13H,3-4H2,1-2H3/b19-13+. The molecule has 2 aromatic rings. The Labute approximate surface area is 137 Å². The zero-order chi connectivity index (χ0) is 16.7. The molecule has 0 fully saturated rings. The third-order valence-electron chi connectivity index (χ3n) is 3.78. The lowest BCUT2D eigenvalue weighted by Crippen LogP contribution is -2.21. The van der Waals surface area contributed by atoms with Gasteiger partial charge in [-0.05, 0) is 55.3 Å². The monoisotopic (exact) mass is 301 g/mol. The van der Waals surface area contributed by atoms with Crippen LogP contribution in [0.3, 0.4) is 0 Å². The largest absolute Gasteiger partial charge is 0.372 e. The van der Waals surface area contributed by atoms with E-state index in [1.807, 2.05) is 18.2 Å². The van der Waals surface area contributed by atoms with Gasteiger partial charge >= 0.3 is 0 Å². The van der Waals surface area contributed by atoms with Crippen molar-refractivity contribution < 1.29 is 0 Å². The van der Waals surface area contributed by atoms with E-state index in [4.69, 9.17) is 5.26 Å². The van der Waals surface area contributed by atoms with Crippen molar-refractivity contribution >= 4 is 17.3 Å². The molecule has 0 radical (unpaired) electrons. The third-order valence-corrected chi connectivity index (χ3v) is 3.78. The van der Waals surface area contributed by atoms with Crippen LogP contribution in [0.2, 0.25) is 0 Å². The number of rotatable bonds is 5. The maximum absolute atomic E-state index is 9.39. The molecule has 0 aliphatic rings. The average Bonchev–Trinajstić information content (AvgIpc) is 2.62. The molecule has 3 heteroatoms. The van der Waals surface area contributed by atoms with Gasteiger partial charge in [0.2, 0.25) is 0 Å². The van der Waals surface area contributed by atoms with Crippen LogP contribution in [0.15, 0.2) is 48.5 Å². The fourth-order valence-electron chi connectivity index (χ4n) is 2.44. The van der Waals surface area contributed by atoms with Crippen LogP contribution in [0.5, 0.6) is 0 Å². The SMILES string of the molecule is CCN(CC)c1ccc(/C=C(\C#N)c2ccc(C#N)cc2)cc1. The fraction of sp³-hybridized carbons (Fsp3) is 0.200. The van der Waals surface area contributed by atoms with Gasteiger partial charge in [-0.2, -0.15) is 10.5 Å². The van der Waals surface area contributed by atoms with Gasteiger partial charge < -0.3 is 4.90 Å². The van der Waals surface area contributed by atoms with Crippen LogP contribution in [0.25, 0.3) is 11.6 Å². The summed E-state index contributed by atoms with van der Waals surface area (Å²) in [6.45, 7) is 6.22. The lowest BCUT2D eigenvalue weighted by Gasteiger charge is -2.20. The van der Waals surface area contributed by atoms with Crippen molar-refractivity contribution in [3.63, 3.8) is 0 Å². The Morgan fingerprint density at radius 3 is 2.04 bits per heavy atom. The Bertz CT molecular complexity index is 753. The first-order valence-electron chi connectivity index (χ1n) is 7.69. The van der Waals surface area contributed by atoms with E-state index in [0.717, 1.165) is 24.2 Å². The van der Waals surface area contributed by atoms with E-state index in [1.54, 1.807) is 24.3 Å². The maximum atomic E-state index is 9.39. The van der Waals surface area contributed by atoms with E-state index >= 15 is 0 Å². The quantitative estimate of drug-likeness (QED) is 0.605. The minimum Gasteiger partial charge on any atom is -0.372 e. The molecule has 0 N–H and O–H groups in total. The molecule has 0 saturated heterocycles. The second-order valence-electron chi connectivity index (χ2n) is 5.12. The smallest absolute Gasteiger partial charge is 0.0998 e. The predicted molar refractivity (Wildman–Crippen MR) is 94.6 cm³/mol. The summed E-state index contributed by atoms with van der Waals surface area (Å²) in [7, 11) is 0. The third kappa shape index (κ3) is 3.99. The van der Waals surface area contributed by atoms with Crippen LogP contribution in [0.4, 0.5) is 5.69 Å². The Balaban J connectivity index is 2.27. The van der Waals surface area contributed by atoms with Crippen LogP contribution in [0, 0.1) is 22.7 Å². The summed E-state index contributed by atoms with van der Waals surface area (Å²) in [4.78, 5) is 2.28. The molecule has 0 heterocycles. The highest BCUT2D eigenvalue weighted by Crippen LogP contribution is 2.21. The molecule has 0 atom stereocenters. The first kappa shape index (κ1) is 16.3. The van der Waals surface area contributed by atoms with E-state index in [-0.39, 0.29) is 0 Å². The second-order valence-corrected chi connectivity index (χ2v) is 5.12. The van der Waals surface area contributed by atoms with Crippen LogP contribution in [-0.2, 0) is 0 Å². The number of benzene rings is 2. The molecule has 0 aliphatic carbocycles. The summed E-state index contributed by atoms with van der Waals surface area (Å²) >= 11 is 0. The number of allylic oxidation sites excluding steroid dienone is 1. The zero-order valence-electron chi connectivity index (χ0n) is 13.5. The van der Waals surface area contributed by atoms with Gasteiger partial charge in [0, 0.05) is 18.8 Å². The van der Waals surface area contributed by atoms with Crippen molar-refractivity contribution in [1.29, 1.82) is 10.5 Å². The van der Waals surface area contributed by atoms with Crippen LogP contribution in [-0.4, -0.2) is 13.1 Å². The summed E-state index contributed by atoms with van der Waals surface area (Å²) in [5, 5.41) is 18.2. The molecule has 114 valence electrons. The highest BCUT2D eigenvalue weighted by molar-refractivity contribution is 5.89. The molecule has 23 heavy (non-hydrogen) atoms. The predicted octanol–water partition coefficient (Wildman–Crippen LogP) is 4.47. The van der Waals surface area contributed by atoms with Crippen molar-refractivity contribution in [2.45, 2.75) is 13.8 Å². The molecule has 0 aromatic heterocycles. The van der Waals surface area contributed by atoms with Gasteiger partial charge in [-0.1, -0.05) is 24.3 Å². The van der Waals surface area contributed by atoms with E-state index < -0.39 is 0 Å². The van der Waals surface area contributed by atoms with Gasteiger partial charge in [0.25, 0.3) is 0 Å². The molecule has 2 aromatic carbocycles. The first-order chi connectivity index (χ1) is 11.2. The summed E-state index contributed by atoms with van der Waals surface area (Å²) in [6, 6.07) is 19.6. The summed E-state index contributed by atoms with van der Waals surface area (Å²) in [5.41, 5.74) is 4.17. The molecule has 0 bridgehead atoms. The van der Waals surface area contributed by atoms with Crippen molar-refractivity contribution in [1.82, 2.24) is 0 Å². The molecular formula is C20H19N3. The Kier molecular flexibility index (Phi) is 5.56. The van der Waals surface area contributed by atoms with E-state index in [1.165, 1.54) is 5.69 Å². The van der Waals surface area contributed by atoms with Gasteiger partial charge in [-0.15, -0.1) is 0 Å². The maximum Gasteiger partial charge on any atom is 0.0998 e. The highest BCUT2D eigenvalue weighted by atomic mass is 15.1. The summed E-state index contributed by atoms with van der Waals surface area (Å²) in [6.07, 6.45) is 1.87. The first-order valence-corrected chi connectivity index (χ1v) is 7.69. The molecule has 0 spiro atoms. The molecule has 0 aliphatic heterocycles. The number of hydrogen-bond acceptors (Lipinski definition) is 3. The number of nitrogens with zero attached hydrogens (tertiary/aromatic N) is 3. The van der Waals surface area contributed by atoms with Crippen LogP contribution in [0.1, 0.15) is 30.5 Å². The van der Waals surface area contributed by atoms with Crippen molar-refractivity contribution in [2.75, 3.05) is 18.0 Å². The zero-order valence-corrected chi connectivity index (χ0v) is 13.5. The highest BCUT2D eigenvalue weighted by Gasteiger charge is 2.03. The lowest BCUT2D eigenvalue weighted by molar-refractivity contribution is 0.866. The minimum atomic E-state index is 0.588. The topological polar surface area (TPSA) is 50.8 Å². The van der Waals surface area contributed by atoms with Gasteiger partial charge in [0.1, 0.15) is 0 Å². The summed E-state index contributed by atoms with van der Waals surface area (Å²) < 4.78 is 0. The van der Waals surface area contributed by atoms with E-state index in [9.17, 15) is 5.26 Å². The second kappa shape index (κ2) is 7.82. The lowest BCUT2D eigenvalue weighted by atomic mass is 10.0. The van der Waals surface area contributed by atoms with Gasteiger partial charge in [0.15, 0.2) is 0 Å². The van der Waals surface area contributed by atoms with E-state index in [2.05, 4.69) is 43.0 Å². The molecule has 3 nitrogen and oxygen atoms in total. The van der Waals surface area contributed by atoms with Gasteiger partial charge in [-0.25, -0.2) is 0 Å². The van der Waals surface area contributed by atoms with Crippen LogP contribution < -0.4 is 4.90 Å². The normalized spacial score (nSPS) is 10.7. The molecular weight excluding hydrogens is 282 g/mol. The Hall–Kier alpha value is -3.04. The van der Waals surface area contributed by atoms with Gasteiger partial charge in [0.05, 0.1) is 23.3 Å². The van der Waals surface area contributed by atoms with Crippen molar-refractivity contribution in [3.8, 4) is 12.1 Å².